The van der Waals surface area contributed by atoms with E-state index in [-0.39, 0.29) is 11.5 Å². The molecule has 1 heterocycles. The van der Waals surface area contributed by atoms with E-state index in [1.165, 1.54) is 11.8 Å². The lowest BCUT2D eigenvalue weighted by Crippen LogP contribution is -2.05. The molecule has 0 bridgehead atoms. The molecule has 110 valence electrons. The highest BCUT2D eigenvalue weighted by Gasteiger charge is 2.14. The Balaban J connectivity index is 1.78. The lowest BCUT2D eigenvalue weighted by atomic mass is 10.2. The third-order valence-electron chi connectivity index (χ3n) is 3.10. The van der Waals surface area contributed by atoms with Crippen LogP contribution in [0.25, 0.3) is 5.69 Å². The maximum atomic E-state index is 12.2. The van der Waals surface area contributed by atoms with Gasteiger partial charge in [0, 0.05) is 5.56 Å². The highest BCUT2D eigenvalue weighted by molar-refractivity contribution is 7.99. The summed E-state index contributed by atoms with van der Waals surface area (Å²) in [5.74, 6) is 0.641. The van der Waals surface area contributed by atoms with Crippen LogP contribution in [0, 0.1) is 0 Å². The molecule has 0 aliphatic rings. The Kier molecular flexibility index (Phi) is 4.20. The van der Waals surface area contributed by atoms with E-state index in [9.17, 15) is 4.79 Å². The Morgan fingerprint density at radius 3 is 2.32 bits per heavy atom. The van der Waals surface area contributed by atoms with Crippen molar-refractivity contribution in [2.45, 2.75) is 5.16 Å². The maximum absolute atomic E-state index is 12.2. The summed E-state index contributed by atoms with van der Waals surface area (Å²) in [5, 5.41) is 8.56. The van der Waals surface area contributed by atoms with Crippen LogP contribution in [-0.4, -0.2) is 26.3 Å². The fourth-order valence-corrected chi connectivity index (χ4v) is 2.89. The van der Waals surface area contributed by atoms with Crippen molar-refractivity contribution in [1.82, 2.24) is 14.8 Å². The van der Waals surface area contributed by atoms with E-state index in [0.29, 0.717) is 16.7 Å². The van der Waals surface area contributed by atoms with E-state index in [2.05, 4.69) is 10.2 Å². The van der Waals surface area contributed by atoms with Crippen LogP contribution in [0.5, 0.6) is 0 Å². The van der Waals surface area contributed by atoms with Gasteiger partial charge in [0.05, 0.1) is 11.4 Å². The second kappa shape index (κ2) is 6.44. The summed E-state index contributed by atoms with van der Waals surface area (Å²) in [6, 6.07) is 18.8. The minimum Gasteiger partial charge on any atom is -0.368 e. The Hall–Kier alpha value is -2.60. The van der Waals surface area contributed by atoms with Gasteiger partial charge in [-0.15, -0.1) is 10.2 Å². The van der Waals surface area contributed by atoms with E-state index in [1.807, 2.05) is 48.5 Å². The summed E-state index contributed by atoms with van der Waals surface area (Å²) < 4.78 is 1.74. The van der Waals surface area contributed by atoms with Crippen LogP contribution < -0.4 is 5.73 Å². The third-order valence-corrected chi connectivity index (χ3v) is 4.03. The van der Waals surface area contributed by atoms with Crippen molar-refractivity contribution in [3.8, 4) is 5.69 Å². The normalized spacial score (nSPS) is 10.5. The molecule has 0 aliphatic heterocycles. The van der Waals surface area contributed by atoms with Crippen molar-refractivity contribution in [3.63, 3.8) is 0 Å². The maximum Gasteiger partial charge on any atom is 0.227 e. The molecule has 0 unspecified atom stereocenters. The molecule has 0 saturated carbocycles. The molecule has 1 aromatic heterocycles. The monoisotopic (exact) mass is 310 g/mol. The molecule has 5 nitrogen and oxygen atoms in total. The van der Waals surface area contributed by atoms with Crippen LogP contribution in [-0.2, 0) is 0 Å². The number of rotatable bonds is 5. The van der Waals surface area contributed by atoms with Crippen LogP contribution in [0.1, 0.15) is 10.4 Å². The van der Waals surface area contributed by atoms with Crippen molar-refractivity contribution in [2.75, 3.05) is 11.5 Å². The van der Waals surface area contributed by atoms with Gasteiger partial charge >= 0.3 is 0 Å². The molecule has 0 atom stereocenters. The molecule has 2 aromatic carbocycles. The molecule has 0 amide bonds. The molecule has 2 N–H and O–H groups in total. The van der Waals surface area contributed by atoms with Gasteiger partial charge in [-0.05, 0) is 12.1 Å². The number of nitrogens with zero attached hydrogens (tertiary/aromatic N) is 3. The lowest BCUT2D eigenvalue weighted by molar-refractivity contribution is 0.102. The van der Waals surface area contributed by atoms with E-state index < -0.39 is 0 Å². The number of carbonyl (C=O) groups excluding carboxylic acids is 1. The van der Waals surface area contributed by atoms with Gasteiger partial charge in [0.2, 0.25) is 5.95 Å². The van der Waals surface area contributed by atoms with Crippen molar-refractivity contribution in [2.24, 2.45) is 0 Å². The number of ketones is 1. The summed E-state index contributed by atoms with van der Waals surface area (Å²) in [6.07, 6.45) is 0. The first-order chi connectivity index (χ1) is 10.8. The van der Waals surface area contributed by atoms with Crippen LogP contribution in [0.4, 0.5) is 5.95 Å². The summed E-state index contributed by atoms with van der Waals surface area (Å²) in [7, 11) is 0. The van der Waals surface area contributed by atoms with Gasteiger partial charge in [0.1, 0.15) is 0 Å². The van der Waals surface area contributed by atoms with Gasteiger partial charge in [-0.3, -0.25) is 9.36 Å². The molecule has 0 spiro atoms. The molecule has 0 saturated heterocycles. The summed E-state index contributed by atoms with van der Waals surface area (Å²) in [4.78, 5) is 12.2. The smallest absolute Gasteiger partial charge is 0.227 e. The first-order valence-electron chi connectivity index (χ1n) is 6.73. The number of nitrogen functional groups attached to an aromatic ring is 1. The number of nitrogens with two attached hydrogens (primary N) is 1. The van der Waals surface area contributed by atoms with E-state index >= 15 is 0 Å². The topological polar surface area (TPSA) is 73.8 Å². The average Bonchev–Trinajstić information content (AvgIpc) is 2.95. The van der Waals surface area contributed by atoms with Gasteiger partial charge in [-0.25, -0.2) is 0 Å². The first-order valence-corrected chi connectivity index (χ1v) is 7.71. The molecular weight excluding hydrogens is 296 g/mol. The quantitative estimate of drug-likeness (QED) is 0.579. The van der Waals surface area contributed by atoms with E-state index in [4.69, 9.17) is 5.73 Å². The molecule has 0 aliphatic carbocycles. The molecule has 3 rings (SSSR count). The van der Waals surface area contributed by atoms with Crippen molar-refractivity contribution in [1.29, 1.82) is 0 Å². The van der Waals surface area contributed by atoms with Crippen molar-refractivity contribution < 1.29 is 4.79 Å². The Morgan fingerprint density at radius 2 is 1.64 bits per heavy atom. The predicted molar refractivity (Wildman–Crippen MR) is 87.3 cm³/mol. The fourth-order valence-electron chi connectivity index (χ4n) is 2.03. The molecule has 22 heavy (non-hydrogen) atoms. The Bertz CT molecular complexity index is 771. The highest BCUT2D eigenvalue weighted by Crippen LogP contribution is 2.23. The number of Topliss-reactive ketones (excluding diaryl/α,β-unsaturated/α-hetero) is 1. The zero-order valence-electron chi connectivity index (χ0n) is 11.7. The molecule has 6 heteroatoms. The van der Waals surface area contributed by atoms with Crippen molar-refractivity contribution in [3.05, 3.63) is 66.2 Å². The highest BCUT2D eigenvalue weighted by atomic mass is 32.2. The summed E-state index contributed by atoms with van der Waals surface area (Å²) in [6.45, 7) is 0. The van der Waals surface area contributed by atoms with Crippen LogP contribution in [0.3, 0.4) is 0 Å². The number of carbonyl (C=O) groups is 1. The van der Waals surface area contributed by atoms with Gasteiger partial charge in [-0.1, -0.05) is 60.3 Å². The third kappa shape index (κ3) is 3.01. The molecule has 0 fully saturated rings. The van der Waals surface area contributed by atoms with Gasteiger partial charge < -0.3 is 5.73 Å². The van der Waals surface area contributed by atoms with E-state index in [1.54, 1.807) is 16.7 Å². The number of hydrogen-bond donors (Lipinski definition) is 1. The van der Waals surface area contributed by atoms with Gasteiger partial charge in [0.15, 0.2) is 10.9 Å². The zero-order valence-corrected chi connectivity index (χ0v) is 12.5. The molecule has 0 radical (unpaired) electrons. The van der Waals surface area contributed by atoms with Gasteiger partial charge in [0.25, 0.3) is 0 Å². The first kappa shape index (κ1) is 14.3. The summed E-state index contributed by atoms with van der Waals surface area (Å²) in [5.41, 5.74) is 7.45. The number of anilines is 1. The molecular formula is C16H14N4OS. The number of aromatic nitrogens is 3. The van der Waals surface area contributed by atoms with E-state index in [0.717, 1.165) is 5.69 Å². The van der Waals surface area contributed by atoms with Crippen molar-refractivity contribution >= 4 is 23.5 Å². The second-order valence-electron chi connectivity index (χ2n) is 4.59. The van der Waals surface area contributed by atoms with Crippen LogP contribution in [0.2, 0.25) is 0 Å². The van der Waals surface area contributed by atoms with Crippen LogP contribution in [0.15, 0.2) is 65.8 Å². The number of benzene rings is 2. The SMILES string of the molecule is Nc1nnc(SCC(=O)c2ccccc2)n1-c1ccccc1. The molecule has 3 aromatic rings. The average molecular weight is 310 g/mol. The second-order valence-corrected chi connectivity index (χ2v) is 5.53. The number of hydrogen-bond acceptors (Lipinski definition) is 5. The van der Waals surface area contributed by atoms with Crippen LogP contribution >= 0.6 is 11.8 Å². The fraction of sp³-hybridized carbons (Fsp3) is 0.0625. The minimum absolute atomic E-state index is 0.0479. The zero-order chi connectivity index (χ0) is 15.4. The number of para-hydroxylation sites is 1. The Morgan fingerprint density at radius 1 is 1.00 bits per heavy atom. The number of thioether (sulfide) groups is 1. The minimum atomic E-state index is 0.0479. The lowest BCUT2D eigenvalue weighted by Gasteiger charge is -2.07. The summed E-state index contributed by atoms with van der Waals surface area (Å²) >= 11 is 1.33. The standard InChI is InChI=1S/C16H14N4OS/c17-15-18-19-16(20(15)13-9-5-2-6-10-13)22-11-14(21)12-7-3-1-4-8-12/h1-10H,11H2,(H2,17,18). The predicted octanol–water partition coefficient (Wildman–Crippen LogP) is 2.82. The largest absolute Gasteiger partial charge is 0.368 e. The Labute approximate surface area is 132 Å². The van der Waals surface area contributed by atoms with Gasteiger partial charge in [-0.2, -0.15) is 0 Å².